The van der Waals surface area contributed by atoms with E-state index in [0.29, 0.717) is 43.3 Å². The number of hydrogen-bond donors (Lipinski definition) is 3. The zero-order valence-electron chi connectivity index (χ0n) is 15.4. The van der Waals surface area contributed by atoms with Gasteiger partial charge in [0.2, 0.25) is 5.91 Å². The molecule has 0 bridgehead atoms. The maximum Gasteiger partial charge on any atom is 0.306 e. The molecule has 8 nitrogen and oxygen atoms in total. The van der Waals surface area contributed by atoms with Crippen molar-refractivity contribution in [2.45, 2.75) is 26.7 Å². The van der Waals surface area contributed by atoms with Gasteiger partial charge in [-0.2, -0.15) is 0 Å². The number of rotatable bonds is 5. The van der Waals surface area contributed by atoms with Crippen LogP contribution in [0.1, 0.15) is 25.6 Å². The SMILES string of the molecule is CC(=O)Nc1cccc(Nc2cc(N3CCC(C(=O)O)CC3)nc(C)n2)c1. The molecule has 0 radical (unpaired) electrons. The largest absolute Gasteiger partial charge is 0.481 e. The van der Waals surface area contributed by atoms with Crippen molar-refractivity contribution >= 4 is 34.9 Å². The number of nitrogens with one attached hydrogen (secondary N) is 2. The van der Waals surface area contributed by atoms with E-state index in [-0.39, 0.29) is 11.8 Å². The second-order valence-electron chi connectivity index (χ2n) is 6.65. The van der Waals surface area contributed by atoms with Gasteiger partial charge in [0.05, 0.1) is 5.92 Å². The standard InChI is InChI=1S/C19H23N5O3/c1-12-20-17(23-16-5-3-4-15(10-16)22-13(2)25)11-18(21-12)24-8-6-14(7-9-24)19(26)27/h3-5,10-11,14H,6-9H2,1-2H3,(H,22,25)(H,26,27)(H,20,21,23). The van der Waals surface area contributed by atoms with Crippen molar-refractivity contribution in [1.29, 1.82) is 0 Å². The first-order chi connectivity index (χ1) is 12.9. The summed E-state index contributed by atoms with van der Waals surface area (Å²) in [6.45, 7) is 4.61. The number of hydrogen-bond acceptors (Lipinski definition) is 6. The Balaban J connectivity index is 1.74. The van der Waals surface area contributed by atoms with E-state index in [0.717, 1.165) is 11.5 Å². The molecule has 1 amide bonds. The fraction of sp³-hybridized carbons (Fsp3) is 0.368. The van der Waals surface area contributed by atoms with Gasteiger partial charge < -0.3 is 20.6 Å². The van der Waals surface area contributed by atoms with E-state index >= 15 is 0 Å². The van der Waals surface area contributed by atoms with Crippen molar-refractivity contribution in [2.24, 2.45) is 5.92 Å². The van der Waals surface area contributed by atoms with Crippen molar-refractivity contribution in [3.8, 4) is 0 Å². The minimum Gasteiger partial charge on any atom is -0.481 e. The van der Waals surface area contributed by atoms with Crippen molar-refractivity contribution < 1.29 is 14.7 Å². The predicted molar refractivity (Wildman–Crippen MR) is 103 cm³/mol. The molecule has 1 fully saturated rings. The number of aryl methyl sites for hydroxylation is 1. The molecule has 0 aliphatic carbocycles. The van der Waals surface area contributed by atoms with E-state index < -0.39 is 5.97 Å². The van der Waals surface area contributed by atoms with Gasteiger partial charge in [-0.3, -0.25) is 9.59 Å². The molecule has 27 heavy (non-hydrogen) atoms. The van der Waals surface area contributed by atoms with Crippen LogP contribution in [0.5, 0.6) is 0 Å². The van der Waals surface area contributed by atoms with Crippen LogP contribution in [-0.4, -0.2) is 40.0 Å². The molecule has 1 aliphatic rings. The second-order valence-corrected chi connectivity index (χ2v) is 6.65. The lowest BCUT2D eigenvalue weighted by atomic mass is 9.97. The average molecular weight is 369 g/mol. The maximum atomic E-state index is 11.2. The van der Waals surface area contributed by atoms with Crippen LogP contribution in [0.15, 0.2) is 30.3 Å². The maximum absolute atomic E-state index is 11.2. The van der Waals surface area contributed by atoms with Gasteiger partial charge in [-0.1, -0.05) is 6.07 Å². The molecule has 3 N–H and O–H groups in total. The van der Waals surface area contributed by atoms with Gasteiger partial charge in [0.1, 0.15) is 17.5 Å². The van der Waals surface area contributed by atoms with E-state index in [1.165, 1.54) is 6.92 Å². The Morgan fingerprint density at radius 2 is 1.85 bits per heavy atom. The summed E-state index contributed by atoms with van der Waals surface area (Å²) in [6, 6.07) is 9.24. The number of anilines is 4. The lowest BCUT2D eigenvalue weighted by molar-refractivity contribution is -0.142. The number of aromatic nitrogens is 2. The number of amides is 1. The molecule has 0 spiro atoms. The number of carboxylic acids is 1. The second kappa shape index (κ2) is 8.03. The lowest BCUT2D eigenvalue weighted by Gasteiger charge is -2.31. The number of benzene rings is 1. The summed E-state index contributed by atoms with van der Waals surface area (Å²) in [7, 11) is 0. The van der Waals surface area contributed by atoms with Crippen LogP contribution in [0.4, 0.5) is 23.0 Å². The third-order valence-electron chi connectivity index (χ3n) is 4.45. The summed E-state index contributed by atoms with van der Waals surface area (Å²) < 4.78 is 0. The molecule has 1 aliphatic heterocycles. The van der Waals surface area contributed by atoms with Gasteiger partial charge in [-0.05, 0) is 38.0 Å². The Labute approximate surface area is 157 Å². The fourth-order valence-corrected chi connectivity index (χ4v) is 3.16. The van der Waals surface area contributed by atoms with Gasteiger partial charge in [-0.15, -0.1) is 0 Å². The first-order valence-electron chi connectivity index (χ1n) is 8.89. The van der Waals surface area contributed by atoms with Gasteiger partial charge in [0.25, 0.3) is 0 Å². The highest BCUT2D eigenvalue weighted by molar-refractivity contribution is 5.89. The molecule has 2 aromatic rings. The molecule has 2 heterocycles. The Morgan fingerprint density at radius 3 is 2.52 bits per heavy atom. The van der Waals surface area contributed by atoms with Crippen LogP contribution in [0.3, 0.4) is 0 Å². The molecular weight excluding hydrogens is 346 g/mol. The van der Waals surface area contributed by atoms with E-state index in [1.807, 2.05) is 37.3 Å². The lowest BCUT2D eigenvalue weighted by Crippen LogP contribution is -2.36. The third kappa shape index (κ3) is 4.93. The van der Waals surface area contributed by atoms with Crippen molar-refractivity contribution in [3.05, 3.63) is 36.2 Å². The summed E-state index contributed by atoms with van der Waals surface area (Å²) in [5.41, 5.74) is 1.50. The van der Waals surface area contributed by atoms with Crippen molar-refractivity contribution in [1.82, 2.24) is 9.97 Å². The molecule has 1 aromatic carbocycles. The molecule has 0 saturated carbocycles. The Hall–Kier alpha value is -3.16. The number of carboxylic acid groups (broad SMARTS) is 1. The highest BCUT2D eigenvalue weighted by Gasteiger charge is 2.25. The number of piperidine rings is 1. The normalized spacial score (nSPS) is 14.7. The number of aliphatic carboxylic acids is 1. The van der Waals surface area contributed by atoms with Crippen LogP contribution in [0.2, 0.25) is 0 Å². The van der Waals surface area contributed by atoms with Gasteiger partial charge in [0, 0.05) is 37.5 Å². The average Bonchev–Trinajstić information content (AvgIpc) is 2.61. The van der Waals surface area contributed by atoms with Crippen LogP contribution in [0, 0.1) is 12.8 Å². The molecule has 0 unspecified atom stereocenters. The molecule has 1 saturated heterocycles. The predicted octanol–water partition coefficient (Wildman–Crippen LogP) is 2.79. The number of carbonyl (C=O) groups excluding carboxylic acids is 1. The summed E-state index contributed by atoms with van der Waals surface area (Å²) in [4.78, 5) is 33.4. The first kappa shape index (κ1) is 18.6. The zero-order valence-corrected chi connectivity index (χ0v) is 15.4. The first-order valence-corrected chi connectivity index (χ1v) is 8.89. The molecule has 142 valence electrons. The van der Waals surface area contributed by atoms with E-state index in [4.69, 9.17) is 5.11 Å². The number of nitrogens with zero attached hydrogens (tertiary/aromatic N) is 3. The van der Waals surface area contributed by atoms with Crippen LogP contribution < -0.4 is 15.5 Å². The van der Waals surface area contributed by atoms with E-state index in [1.54, 1.807) is 0 Å². The van der Waals surface area contributed by atoms with E-state index in [2.05, 4.69) is 25.5 Å². The quantitative estimate of drug-likeness (QED) is 0.744. The monoisotopic (exact) mass is 369 g/mol. The smallest absolute Gasteiger partial charge is 0.306 e. The minimum atomic E-state index is -0.727. The highest BCUT2D eigenvalue weighted by Crippen LogP contribution is 2.25. The van der Waals surface area contributed by atoms with Crippen molar-refractivity contribution in [2.75, 3.05) is 28.6 Å². The summed E-state index contributed by atoms with van der Waals surface area (Å²) in [6.07, 6.45) is 1.22. The van der Waals surface area contributed by atoms with Crippen LogP contribution in [0.25, 0.3) is 0 Å². The molecular formula is C19H23N5O3. The Morgan fingerprint density at radius 1 is 1.15 bits per heavy atom. The van der Waals surface area contributed by atoms with Gasteiger partial charge in [0.15, 0.2) is 0 Å². The zero-order chi connectivity index (χ0) is 19.4. The van der Waals surface area contributed by atoms with Gasteiger partial charge >= 0.3 is 5.97 Å². The summed E-state index contributed by atoms with van der Waals surface area (Å²) in [5, 5.41) is 15.1. The Bertz CT molecular complexity index is 847. The summed E-state index contributed by atoms with van der Waals surface area (Å²) >= 11 is 0. The van der Waals surface area contributed by atoms with Crippen LogP contribution >= 0.6 is 0 Å². The van der Waals surface area contributed by atoms with Gasteiger partial charge in [-0.25, -0.2) is 9.97 Å². The fourth-order valence-electron chi connectivity index (χ4n) is 3.16. The summed E-state index contributed by atoms with van der Waals surface area (Å²) in [5.74, 6) is 0.934. The third-order valence-corrected chi connectivity index (χ3v) is 4.45. The molecule has 0 atom stereocenters. The number of carbonyl (C=O) groups is 2. The highest BCUT2D eigenvalue weighted by atomic mass is 16.4. The Kier molecular flexibility index (Phi) is 5.54. The van der Waals surface area contributed by atoms with Crippen LogP contribution in [-0.2, 0) is 9.59 Å². The molecule has 3 rings (SSSR count). The minimum absolute atomic E-state index is 0.128. The van der Waals surface area contributed by atoms with Crippen molar-refractivity contribution in [3.63, 3.8) is 0 Å². The molecule has 1 aromatic heterocycles. The molecule has 8 heteroatoms. The van der Waals surface area contributed by atoms with E-state index in [9.17, 15) is 9.59 Å². The topological polar surface area (TPSA) is 107 Å².